The molecule has 2 atom stereocenters. The summed E-state index contributed by atoms with van der Waals surface area (Å²) in [6.45, 7) is 7.39. The molecule has 5 nitrogen and oxygen atoms in total. The maximum atomic E-state index is 12.0. The third-order valence-electron chi connectivity index (χ3n) is 3.38. The van der Waals surface area contributed by atoms with E-state index >= 15 is 0 Å². The minimum atomic E-state index is -0.446. The van der Waals surface area contributed by atoms with E-state index in [0.717, 1.165) is 32.2 Å². The molecule has 1 rings (SSSR count). The number of carbonyl (C=O) groups is 1. The van der Waals surface area contributed by atoms with E-state index in [1.165, 1.54) is 0 Å². The first kappa shape index (κ1) is 16.2. The van der Waals surface area contributed by atoms with Crippen molar-refractivity contribution < 1.29 is 14.6 Å². The molecule has 1 saturated heterocycles. The van der Waals surface area contributed by atoms with E-state index in [1.54, 1.807) is 4.90 Å². The van der Waals surface area contributed by atoms with Crippen LogP contribution in [0.2, 0.25) is 0 Å². The van der Waals surface area contributed by atoms with Gasteiger partial charge in [-0.3, -0.25) is 0 Å². The van der Waals surface area contributed by atoms with Gasteiger partial charge in [0.1, 0.15) is 5.60 Å². The first-order valence-electron chi connectivity index (χ1n) is 7.18. The standard InChI is InChI=1S/C14H28N2O3/c1-14(2,3)19-13(18)16-7-4-5-11(6-8-16)9-12(17)10-15/h11-12,17H,4-10,15H2,1-3H3. The van der Waals surface area contributed by atoms with E-state index in [-0.39, 0.29) is 6.09 Å². The molecule has 3 N–H and O–H groups in total. The van der Waals surface area contributed by atoms with Crippen LogP contribution in [-0.4, -0.2) is 47.4 Å². The number of aliphatic hydroxyl groups excluding tert-OH is 1. The summed E-state index contributed by atoms with van der Waals surface area (Å²) < 4.78 is 5.39. The molecule has 1 aliphatic heterocycles. The molecule has 1 heterocycles. The molecule has 1 amide bonds. The predicted molar refractivity (Wildman–Crippen MR) is 74.8 cm³/mol. The van der Waals surface area contributed by atoms with Gasteiger partial charge in [0.2, 0.25) is 0 Å². The van der Waals surface area contributed by atoms with Gasteiger partial charge in [-0.05, 0) is 52.4 Å². The van der Waals surface area contributed by atoms with Crippen molar-refractivity contribution in [2.75, 3.05) is 19.6 Å². The van der Waals surface area contributed by atoms with E-state index in [2.05, 4.69) is 0 Å². The summed E-state index contributed by atoms with van der Waals surface area (Å²) >= 11 is 0. The fourth-order valence-corrected chi connectivity index (χ4v) is 2.39. The predicted octanol–water partition coefficient (Wildman–Crippen LogP) is 1.73. The Labute approximate surface area is 116 Å². The van der Waals surface area contributed by atoms with Crippen molar-refractivity contribution in [3.05, 3.63) is 0 Å². The molecule has 1 fully saturated rings. The highest BCUT2D eigenvalue weighted by atomic mass is 16.6. The van der Waals surface area contributed by atoms with Gasteiger partial charge < -0.3 is 20.5 Å². The van der Waals surface area contributed by atoms with Crippen LogP contribution in [0, 0.1) is 5.92 Å². The molecule has 112 valence electrons. The lowest BCUT2D eigenvalue weighted by molar-refractivity contribution is 0.0254. The van der Waals surface area contributed by atoms with Crippen LogP contribution in [0.1, 0.15) is 46.5 Å². The Balaban J connectivity index is 2.43. The zero-order valence-electron chi connectivity index (χ0n) is 12.4. The Morgan fingerprint density at radius 3 is 2.68 bits per heavy atom. The maximum absolute atomic E-state index is 12.0. The van der Waals surface area contributed by atoms with Crippen molar-refractivity contribution in [3.63, 3.8) is 0 Å². The number of ether oxygens (including phenoxy) is 1. The molecule has 2 unspecified atom stereocenters. The van der Waals surface area contributed by atoms with Gasteiger partial charge in [0.15, 0.2) is 0 Å². The van der Waals surface area contributed by atoms with Crippen LogP contribution in [0.15, 0.2) is 0 Å². The summed E-state index contributed by atoms with van der Waals surface area (Å²) in [5, 5.41) is 9.60. The van der Waals surface area contributed by atoms with Gasteiger partial charge in [0.05, 0.1) is 6.10 Å². The molecule has 0 aliphatic carbocycles. The van der Waals surface area contributed by atoms with E-state index in [4.69, 9.17) is 10.5 Å². The second-order valence-corrected chi connectivity index (χ2v) is 6.39. The summed E-state index contributed by atoms with van der Waals surface area (Å²) in [7, 11) is 0. The molecule has 0 spiro atoms. The molecule has 19 heavy (non-hydrogen) atoms. The molecule has 0 saturated carbocycles. The lowest BCUT2D eigenvalue weighted by atomic mass is 9.94. The smallest absolute Gasteiger partial charge is 0.410 e. The van der Waals surface area contributed by atoms with Crippen LogP contribution >= 0.6 is 0 Å². The van der Waals surface area contributed by atoms with Gasteiger partial charge in [0.25, 0.3) is 0 Å². The molecular weight excluding hydrogens is 244 g/mol. The fourth-order valence-electron chi connectivity index (χ4n) is 2.39. The van der Waals surface area contributed by atoms with Crippen molar-refractivity contribution in [1.82, 2.24) is 4.90 Å². The molecule has 0 aromatic rings. The summed E-state index contributed by atoms with van der Waals surface area (Å²) in [6.07, 6.45) is 3.00. The van der Waals surface area contributed by atoms with E-state index < -0.39 is 11.7 Å². The SMILES string of the molecule is CC(C)(C)OC(=O)N1CCCC(CC(O)CN)CC1. The van der Waals surface area contributed by atoms with Crippen molar-refractivity contribution in [2.45, 2.75) is 58.2 Å². The minimum Gasteiger partial charge on any atom is -0.444 e. The van der Waals surface area contributed by atoms with Crippen LogP contribution in [0.25, 0.3) is 0 Å². The molecule has 0 aromatic heterocycles. The van der Waals surface area contributed by atoms with Crippen molar-refractivity contribution >= 4 is 6.09 Å². The number of likely N-dealkylation sites (tertiary alicyclic amines) is 1. The minimum absolute atomic E-state index is 0.229. The molecule has 0 radical (unpaired) electrons. The van der Waals surface area contributed by atoms with Gasteiger partial charge in [-0.25, -0.2) is 4.79 Å². The van der Waals surface area contributed by atoms with Crippen molar-refractivity contribution in [2.24, 2.45) is 11.7 Å². The summed E-state index contributed by atoms with van der Waals surface area (Å²) in [5.74, 6) is 0.450. The van der Waals surface area contributed by atoms with Crippen molar-refractivity contribution in [1.29, 1.82) is 0 Å². The number of hydrogen-bond acceptors (Lipinski definition) is 4. The third-order valence-corrected chi connectivity index (χ3v) is 3.38. The zero-order valence-corrected chi connectivity index (χ0v) is 12.4. The molecule has 0 aromatic carbocycles. The summed E-state index contributed by atoms with van der Waals surface area (Å²) in [6, 6.07) is 0. The quantitative estimate of drug-likeness (QED) is 0.820. The average molecular weight is 272 g/mol. The third kappa shape index (κ3) is 6.25. The van der Waals surface area contributed by atoms with Crippen LogP contribution in [0.5, 0.6) is 0 Å². The Kier molecular flexibility index (Phi) is 6.07. The number of aliphatic hydroxyl groups is 1. The molecule has 5 heteroatoms. The summed E-state index contributed by atoms with van der Waals surface area (Å²) in [4.78, 5) is 13.8. The number of nitrogens with zero attached hydrogens (tertiary/aromatic N) is 1. The highest BCUT2D eigenvalue weighted by molar-refractivity contribution is 5.68. The first-order chi connectivity index (χ1) is 8.81. The molecular formula is C14H28N2O3. The number of nitrogens with two attached hydrogens (primary N) is 1. The highest BCUT2D eigenvalue weighted by Crippen LogP contribution is 2.23. The second-order valence-electron chi connectivity index (χ2n) is 6.39. The lowest BCUT2D eigenvalue weighted by Gasteiger charge is -2.26. The number of amides is 1. The van der Waals surface area contributed by atoms with E-state index in [9.17, 15) is 9.90 Å². The maximum Gasteiger partial charge on any atom is 0.410 e. The Bertz CT molecular complexity index is 289. The van der Waals surface area contributed by atoms with Gasteiger partial charge in [0, 0.05) is 19.6 Å². The topological polar surface area (TPSA) is 75.8 Å². The highest BCUT2D eigenvalue weighted by Gasteiger charge is 2.25. The van der Waals surface area contributed by atoms with Crippen LogP contribution in [0.3, 0.4) is 0 Å². The summed E-state index contributed by atoms with van der Waals surface area (Å²) in [5.41, 5.74) is 4.99. The van der Waals surface area contributed by atoms with Gasteiger partial charge in [-0.15, -0.1) is 0 Å². The monoisotopic (exact) mass is 272 g/mol. The Morgan fingerprint density at radius 1 is 1.42 bits per heavy atom. The normalized spacial score (nSPS) is 22.8. The zero-order chi connectivity index (χ0) is 14.5. The Hall–Kier alpha value is -0.810. The number of carbonyl (C=O) groups excluding carboxylic acids is 1. The molecule has 1 aliphatic rings. The number of hydrogen-bond donors (Lipinski definition) is 2. The van der Waals surface area contributed by atoms with Gasteiger partial charge in [-0.1, -0.05) is 0 Å². The van der Waals surface area contributed by atoms with E-state index in [1.807, 2.05) is 20.8 Å². The Morgan fingerprint density at radius 2 is 2.11 bits per heavy atom. The van der Waals surface area contributed by atoms with Crippen LogP contribution < -0.4 is 5.73 Å². The molecule has 0 bridgehead atoms. The average Bonchev–Trinajstić information content (AvgIpc) is 2.52. The first-order valence-corrected chi connectivity index (χ1v) is 7.18. The fraction of sp³-hybridized carbons (Fsp3) is 0.929. The largest absolute Gasteiger partial charge is 0.444 e. The number of rotatable bonds is 3. The van der Waals surface area contributed by atoms with Gasteiger partial charge in [-0.2, -0.15) is 0 Å². The van der Waals surface area contributed by atoms with E-state index in [0.29, 0.717) is 19.0 Å². The van der Waals surface area contributed by atoms with Gasteiger partial charge >= 0.3 is 6.09 Å². The second kappa shape index (κ2) is 7.10. The van der Waals surface area contributed by atoms with Crippen LogP contribution in [-0.2, 0) is 4.74 Å². The lowest BCUT2D eigenvalue weighted by Crippen LogP contribution is -2.37. The van der Waals surface area contributed by atoms with Crippen LogP contribution in [0.4, 0.5) is 4.79 Å². The van der Waals surface area contributed by atoms with Crippen molar-refractivity contribution in [3.8, 4) is 0 Å².